The van der Waals surface area contributed by atoms with Gasteiger partial charge in [-0.1, -0.05) is 30.7 Å². The van der Waals surface area contributed by atoms with Gasteiger partial charge in [-0.2, -0.15) is 0 Å². The first kappa shape index (κ1) is 17.4. The highest BCUT2D eigenvalue weighted by atomic mass is 16.1. The van der Waals surface area contributed by atoms with Gasteiger partial charge in [-0.25, -0.2) is 0 Å². The number of carbonyl (C=O) groups excluding carboxylic acids is 1. The van der Waals surface area contributed by atoms with E-state index in [9.17, 15) is 4.79 Å². The molecule has 0 aliphatic heterocycles. The number of nitrogens with zero attached hydrogens (tertiary/aromatic N) is 1. The van der Waals surface area contributed by atoms with Crippen LogP contribution in [0.4, 0.5) is 0 Å². The molecular weight excluding hydrogens is 298 g/mol. The van der Waals surface area contributed by atoms with Crippen molar-refractivity contribution in [2.24, 2.45) is 23.5 Å². The molecular formula is C20H31N3O. The van der Waals surface area contributed by atoms with Crippen LogP contribution in [0.2, 0.25) is 0 Å². The number of benzene rings is 1. The Kier molecular flexibility index (Phi) is 5.57. The molecule has 0 aromatic heterocycles. The van der Waals surface area contributed by atoms with Crippen molar-refractivity contribution >= 4 is 5.91 Å². The maximum absolute atomic E-state index is 12.7. The van der Waals surface area contributed by atoms with Crippen molar-refractivity contribution in [1.29, 1.82) is 0 Å². The first-order valence-corrected chi connectivity index (χ1v) is 9.29. The molecule has 3 N–H and O–H groups in total. The maximum Gasteiger partial charge on any atom is 0.223 e. The highest BCUT2D eigenvalue weighted by Gasteiger charge is 2.40. The van der Waals surface area contributed by atoms with E-state index in [1.165, 1.54) is 30.4 Å². The molecule has 2 fully saturated rings. The third kappa shape index (κ3) is 3.98. The molecule has 0 radical (unpaired) electrons. The minimum Gasteiger partial charge on any atom is -0.352 e. The van der Waals surface area contributed by atoms with E-state index < -0.39 is 0 Å². The summed E-state index contributed by atoms with van der Waals surface area (Å²) in [5, 5.41) is 3.19. The Hall–Kier alpha value is -1.39. The van der Waals surface area contributed by atoms with E-state index in [0.29, 0.717) is 24.4 Å². The van der Waals surface area contributed by atoms with E-state index in [1.54, 1.807) is 0 Å². The monoisotopic (exact) mass is 329 g/mol. The summed E-state index contributed by atoms with van der Waals surface area (Å²) in [5.74, 6) is 1.48. The number of rotatable bonds is 5. The molecule has 4 nitrogen and oxygen atoms in total. The van der Waals surface area contributed by atoms with Crippen molar-refractivity contribution in [3.63, 3.8) is 0 Å². The van der Waals surface area contributed by atoms with Crippen molar-refractivity contribution in [2.75, 3.05) is 14.1 Å². The summed E-state index contributed by atoms with van der Waals surface area (Å²) in [5.41, 5.74) is 8.84. The quantitative estimate of drug-likeness (QED) is 0.873. The SMILES string of the molecule is CN(C)Cc1ccccc1CNC(=O)C1CC2CCCC(C1)C2N. The number of carbonyl (C=O) groups is 1. The van der Waals surface area contributed by atoms with E-state index in [-0.39, 0.29) is 11.8 Å². The summed E-state index contributed by atoms with van der Waals surface area (Å²) in [6, 6.07) is 8.69. The lowest BCUT2D eigenvalue weighted by atomic mass is 9.65. The molecule has 24 heavy (non-hydrogen) atoms. The van der Waals surface area contributed by atoms with Gasteiger partial charge in [-0.3, -0.25) is 4.79 Å². The summed E-state index contributed by atoms with van der Waals surface area (Å²) < 4.78 is 0. The first-order valence-electron chi connectivity index (χ1n) is 9.29. The molecule has 2 saturated carbocycles. The predicted molar refractivity (Wildman–Crippen MR) is 97.2 cm³/mol. The molecule has 2 aliphatic rings. The third-order valence-electron chi connectivity index (χ3n) is 5.84. The molecule has 2 unspecified atom stereocenters. The predicted octanol–water partition coefficient (Wildman–Crippen LogP) is 2.52. The third-order valence-corrected chi connectivity index (χ3v) is 5.84. The second-order valence-electron chi connectivity index (χ2n) is 7.92. The molecule has 1 aromatic carbocycles. The number of hydrogen-bond acceptors (Lipinski definition) is 3. The summed E-state index contributed by atoms with van der Waals surface area (Å²) in [4.78, 5) is 14.8. The van der Waals surface area contributed by atoms with Crippen molar-refractivity contribution in [3.8, 4) is 0 Å². The van der Waals surface area contributed by atoms with E-state index >= 15 is 0 Å². The summed E-state index contributed by atoms with van der Waals surface area (Å²) in [6.45, 7) is 1.52. The molecule has 4 heteroatoms. The van der Waals surface area contributed by atoms with Crippen LogP contribution in [0.25, 0.3) is 0 Å². The van der Waals surface area contributed by atoms with Crippen LogP contribution in [0, 0.1) is 17.8 Å². The number of hydrogen-bond donors (Lipinski definition) is 2. The lowest BCUT2D eigenvalue weighted by molar-refractivity contribution is -0.128. The number of fused-ring (bicyclic) bond motifs is 2. The number of amides is 1. The first-order chi connectivity index (χ1) is 11.5. The van der Waals surface area contributed by atoms with Gasteiger partial charge in [0.25, 0.3) is 0 Å². The van der Waals surface area contributed by atoms with Crippen LogP contribution in [-0.2, 0) is 17.9 Å². The van der Waals surface area contributed by atoms with Crippen molar-refractivity contribution < 1.29 is 4.79 Å². The Balaban J connectivity index is 1.58. The summed E-state index contributed by atoms with van der Waals surface area (Å²) in [7, 11) is 4.14. The van der Waals surface area contributed by atoms with Gasteiger partial charge in [-0.15, -0.1) is 0 Å². The highest BCUT2D eigenvalue weighted by molar-refractivity contribution is 5.78. The Labute approximate surface area is 145 Å². The van der Waals surface area contributed by atoms with Gasteiger partial charge in [-0.05, 0) is 62.7 Å². The zero-order chi connectivity index (χ0) is 17.1. The average molecular weight is 329 g/mol. The summed E-state index contributed by atoms with van der Waals surface area (Å²) >= 11 is 0. The second kappa shape index (κ2) is 7.66. The van der Waals surface area contributed by atoms with Gasteiger partial charge in [0.2, 0.25) is 5.91 Å². The zero-order valence-electron chi connectivity index (χ0n) is 15.0. The number of nitrogens with two attached hydrogens (primary N) is 1. The van der Waals surface area contributed by atoms with Crippen LogP contribution in [0.15, 0.2) is 24.3 Å². The van der Waals surface area contributed by atoms with E-state index in [4.69, 9.17) is 5.73 Å². The minimum absolute atomic E-state index is 0.154. The Morgan fingerprint density at radius 1 is 1.17 bits per heavy atom. The standard InChI is InChI=1S/C20H31N3O/c1-23(2)13-17-7-4-3-6-16(17)12-22-20(24)18-10-14-8-5-9-15(11-18)19(14)21/h3-4,6-7,14-15,18-19H,5,8-13,21H2,1-2H3,(H,22,24). The smallest absolute Gasteiger partial charge is 0.223 e. The van der Waals surface area contributed by atoms with Crippen molar-refractivity contribution in [3.05, 3.63) is 35.4 Å². The molecule has 0 saturated heterocycles. The van der Waals surface area contributed by atoms with Crippen LogP contribution in [0.5, 0.6) is 0 Å². The van der Waals surface area contributed by atoms with Gasteiger partial charge < -0.3 is 16.0 Å². The van der Waals surface area contributed by atoms with Gasteiger partial charge in [0.1, 0.15) is 0 Å². The molecule has 0 spiro atoms. The van der Waals surface area contributed by atoms with Crippen LogP contribution >= 0.6 is 0 Å². The van der Waals surface area contributed by atoms with Gasteiger partial charge >= 0.3 is 0 Å². The lowest BCUT2D eigenvalue weighted by Crippen LogP contribution is -2.49. The fourth-order valence-corrected chi connectivity index (χ4v) is 4.55. The molecule has 132 valence electrons. The Morgan fingerprint density at radius 2 is 1.79 bits per heavy atom. The highest BCUT2D eigenvalue weighted by Crippen LogP contribution is 2.41. The van der Waals surface area contributed by atoms with E-state index in [1.807, 2.05) is 6.07 Å². The molecule has 2 aliphatic carbocycles. The molecule has 1 amide bonds. The van der Waals surface area contributed by atoms with Crippen LogP contribution < -0.4 is 11.1 Å². The molecule has 2 atom stereocenters. The fraction of sp³-hybridized carbons (Fsp3) is 0.650. The van der Waals surface area contributed by atoms with Crippen molar-refractivity contribution in [2.45, 2.75) is 51.2 Å². The fourth-order valence-electron chi connectivity index (χ4n) is 4.55. The van der Waals surface area contributed by atoms with Gasteiger partial charge in [0.05, 0.1) is 0 Å². The van der Waals surface area contributed by atoms with E-state index in [2.05, 4.69) is 42.5 Å². The van der Waals surface area contributed by atoms with Gasteiger partial charge in [0.15, 0.2) is 0 Å². The Bertz CT molecular complexity index is 558. The second-order valence-corrected chi connectivity index (χ2v) is 7.92. The van der Waals surface area contributed by atoms with Crippen LogP contribution in [0.3, 0.4) is 0 Å². The topological polar surface area (TPSA) is 58.4 Å². The van der Waals surface area contributed by atoms with E-state index in [0.717, 1.165) is 19.4 Å². The number of nitrogens with one attached hydrogen (secondary N) is 1. The lowest BCUT2D eigenvalue weighted by Gasteiger charge is -2.43. The molecule has 0 heterocycles. The maximum atomic E-state index is 12.7. The zero-order valence-corrected chi connectivity index (χ0v) is 15.0. The normalized spacial score (nSPS) is 29.5. The minimum atomic E-state index is 0.154. The van der Waals surface area contributed by atoms with Gasteiger partial charge in [0, 0.05) is 25.0 Å². The molecule has 1 aromatic rings. The van der Waals surface area contributed by atoms with Crippen molar-refractivity contribution in [1.82, 2.24) is 10.2 Å². The summed E-state index contributed by atoms with van der Waals surface area (Å²) in [6.07, 6.45) is 5.64. The van der Waals surface area contributed by atoms with Crippen LogP contribution in [0.1, 0.15) is 43.2 Å². The molecule has 2 bridgehead atoms. The van der Waals surface area contributed by atoms with Crippen LogP contribution in [-0.4, -0.2) is 30.9 Å². The average Bonchev–Trinajstić information content (AvgIpc) is 2.53. The Morgan fingerprint density at radius 3 is 2.42 bits per heavy atom. The largest absolute Gasteiger partial charge is 0.352 e. The molecule has 3 rings (SSSR count).